The van der Waals surface area contributed by atoms with Gasteiger partial charge in [-0.25, -0.2) is 4.79 Å². The Morgan fingerprint density at radius 1 is 1.19 bits per heavy atom. The van der Waals surface area contributed by atoms with Gasteiger partial charge in [-0.3, -0.25) is 4.79 Å². The number of aliphatic carboxylic acids is 1. The molecule has 1 amide bonds. The van der Waals surface area contributed by atoms with Gasteiger partial charge in [0.05, 0.1) is 0 Å². The molecule has 1 fully saturated rings. The summed E-state index contributed by atoms with van der Waals surface area (Å²) in [5.74, 6) is 0.248. The number of benzene rings is 1. The van der Waals surface area contributed by atoms with Crippen molar-refractivity contribution in [3.63, 3.8) is 0 Å². The molecule has 1 saturated carbocycles. The fourth-order valence-corrected chi connectivity index (χ4v) is 3.36. The molecule has 0 atom stereocenters. The topological polar surface area (TPSA) is 66.4 Å². The maximum Gasteiger partial charge on any atom is 0.331 e. The first kappa shape index (κ1) is 20.0. The Hall–Kier alpha value is -2.36. The van der Waals surface area contributed by atoms with E-state index in [0.717, 1.165) is 11.5 Å². The standard InChI is InChI=1S/C22H29NO3/c1-15(2)21(24)23-13-12-20(22(25)26)14-17-6-10-19(11-7-17)18-8-4-16(3)5-9-18/h6-7,10-11,14,16,18H,1,4-5,8-9,12-13H2,2-3H3,(H,23,24)(H,25,26)/b20-14+. The summed E-state index contributed by atoms with van der Waals surface area (Å²) in [5.41, 5.74) is 2.92. The van der Waals surface area contributed by atoms with E-state index in [0.29, 0.717) is 11.5 Å². The highest BCUT2D eigenvalue weighted by molar-refractivity contribution is 5.93. The van der Waals surface area contributed by atoms with Crippen LogP contribution in [0.4, 0.5) is 0 Å². The van der Waals surface area contributed by atoms with Gasteiger partial charge in [0.25, 0.3) is 0 Å². The van der Waals surface area contributed by atoms with Crippen LogP contribution in [0.5, 0.6) is 0 Å². The minimum Gasteiger partial charge on any atom is -0.478 e. The minimum absolute atomic E-state index is 0.249. The lowest BCUT2D eigenvalue weighted by Gasteiger charge is -2.26. The predicted molar refractivity (Wildman–Crippen MR) is 105 cm³/mol. The van der Waals surface area contributed by atoms with Crippen LogP contribution in [0.2, 0.25) is 0 Å². The lowest BCUT2D eigenvalue weighted by molar-refractivity contribution is -0.132. The number of carboxylic acid groups (broad SMARTS) is 1. The van der Waals surface area contributed by atoms with Crippen LogP contribution in [0, 0.1) is 5.92 Å². The fourth-order valence-electron chi connectivity index (χ4n) is 3.36. The number of nitrogens with one attached hydrogen (secondary N) is 1. The van der Waals surface area contributed by atoms with E-state index >= 15 is 0 Å². The summed E-state index contributed by atoms with van der Waals surface area (Å²) < 4.78 is 0. The average molecular weight is 355 g/mol. The summed E-state index contributed by atoms with van der Waals surface area (Å²) in [6.45, 7) is 7.78. The summed E-state index contributed by atoms with van der Waals surface area (Å²) >= 11 is 0. The zero-order valence-electron chi connectivity index (χ0n) is 15.8. The highest BCUT2D eigenvalue weighted by Gasteiger charge is 2.19. The Kier molecular flexibility index (Phi) is 7.19. The van der Waals surface area contributed by atoms with Crippen molar-refractivity contribution in [2.75, 3.05) is 6.54 Å². The van der Waals surface area contributed by atoms with Gasteiger partial charge in [0.1, 0.15) is 0 Å². The maximum atomic E-state index is 11.5. The third kappa shape index (κ3) is 5.87. The third-order valence-electron chi connectivity index (χ3n) is 5.11. The summed E-state index contributed by atoms with van der Waals surface area (Å²) in [4.78, 5) is 22.9. The van der Waals surface area contributed by atoms with Crippen molar-refractivity contribution in [2.24, 2.45) is 5.92 Å². The van der Waals surface area contributed by atoms with E-state index in [2.05, 4.69) is 31.0 Å². The summed E-state index contributed by atoms with van der Waals surface area (Å²) in [6, 6.07) is 8.22. The second kappa shape index (κ2) is 9.37. The molecule has 1 aromatic rings. The SMILES string of the molecule is C=C(C)C(=O)NCC/C(=C\c1ccc(C2CCC(C)CC2)cc1)C(=O)O. The normalized spacial score (nSPS) is 20.5. The van der Waals surface area contributed by atoms with Crippen LogP contribution >= 0.6 is 0 Å². The monoisotopic (exact) mass is 355 g/mol. The number of hydrogen-bond acceptors (Lipinski definition) is 2. The highest BCUT2D eigenvalue weighted by Crippen LogP contribution is 2.35. The van der Waals surface area contributed by atoms with Crippen LogP contribution in [-0.4, -0.2) is 23.5 Å². The molecule has 2 N–H and O–H groups in total. The number of amides is 1. The second-order valence-corrected chi connectivity index (χ2v) is 7.38. The molecular formula is C22H29NO3. The number of carboxylic acids is 1. The zero-order valence-corrected chi connectivity index (χ0v) is 15.8. The maximum absolute atomic E-state index is 11.5. The number of carbonyl (C=O) groups excluding carboxylic acids is 1. The molecule has 0 spiro atoms. The number of rotatable bonds is 7. The van der Waals surface area contributed by atoms with E-state index in [1.165, 1.54) is 31.2 Å². The van der Waals surface area contributed by atoms with Crippen LogP contribution in [0.3, 0.4) is 0 Å². The van der Waals surface area contributed by atoms with Crippen LogP contribution in [0.1, 0.15) is 63.0 Å². The van der Waals surface area contributed by atoms with Gasteiger partial charge in [0.15, 0.2) is 0 Å². The smallest absolute Gasteiger partial charge is 0.331 e. The molecular weight excluding hydrogens is 326 g/mol. The molecule has 0 aliphatic heterocycles. The van der Waals surface area contributed by atoms with Gasteiger partial charge in [-0.05, 0) is 55.2 Å². The van der Waals surface area contributed by atoms with Gasteiger partial charge in [0, 0.05) is 17.7 Å². The van der Waals surface area contributed by atoms with Crippen molar-refractivity contribution in [1.29, 1.82) is 0 Å². The number of carbonyl (C=O) groups is 2. The van der Waals surface area contributed by atoms with E-state index in [4.69, 9.17) is 0 Å². The Labute approximate surface area is 156 Å². The molecule has 0 heterocycles. The van der Waals surface area contributed by atoms with Crippen LogP contribution in [0.25, 0.3) is 6.08 Å². The van der Waals surface area contributed by atoms with Crippen LogP contribution in [-0.2, 0) is 9.59 Å². The van der Waals surface area contributed by atoms with Gasteiger partial charge < -0.3 is 10.4 Å². The fraction of sp³-hybridized carbons (Fsp3) is 0.455. The first-order valence-electron chi connectivity index (χ1n) is 9.34. The summed E-state index contributed by atoms with van der Waals surface area (Å²) in [6.07, 6.45) is 6.99. The van der Waals surface area contributed by atoms with Crippen molar-refractivity contribution in [2.45, 2.75) is 51.9 Å². The molecule has 1 aromatic carbocycles. The molecule has 4 heteroatoms. The van der Waals surface area contributed by atoms with Gasteiger partial charge in [0.2, 0.25) is 5.91 Å². The Bertz CT molecular complexity index is 680. The van der Waals surface area contributed by atoms with Crippen LogP contribution < -0.4 is 5.32 Å². The van der Waals surface area contributed by atoms with E-state index in [1.807, 2.05) is 12.1 Å². The molecule has 0 unspecified atom stereocenters. The molecule has 0 bridgehead atoms. The van der Waals surface area contributed by atoms with Gasteiger partial charge in [-0.2, -0.15) is 0 Å². The molecule has 1 aliphatic rings. The van der Waals surface area contributed by atoms with Crippen molar-refractivity contribution >= 4 is 18.0 Å². The van der Waals surface area contributed by atoms with Gasteiger partial charge >= 0.3 is 5.97 Å². The molecule has 0 radical (unpaired) electrons. The largest absolute Gasteiger partial charge is 0.478 e. The Morgan fingerprint density at radius 2 is 1.81 bits per heavy atom. The van der Waals surface area contributed by atoms with E-state index in [1.54, 1.807) is 13.0 Å². The lowest BCUT2D eigenvalue weighted by Crippen LogP contribution is -2.25. The average Bonchev–Trinajstić information content (AvgIpc) is 2.61. The quantitative estimate of drug-likeness (QED) is 0.706. The molecule has 0 aromatic heterocycles. The van der Waals surface area contributed by atoms with Crippen molar-refractivity contribution < 1.29 is 14.7 Å². The lowest BCUT2D eigenvalue weighted by atomic mass is 9.79. The van der Waals surface area contributed by atoms with Crippen LogP contribution in [0.15, 0.2) is 42.0 Å². The van der Waals surface area contributed by atoms with Crippen molar-refractivity contribution in [1.82, 2.24) is 5.32 Å². The van der Waals surface area contributed by atoms with Crippen molar-refractivity contribution in [3.05, 3.63) is 53.1 Å². The predicted octanol–water partition coefficient (Wildman–Crippen LogP) is 4.53. The number of hydrogen-bond donors (Lipinski definition) is 2. The third-order valence-corrected chi connectivity index (χ3v) is 5.11. The zero-order chi connectivity index (χ0) is 19.1. The van der Waals surface area contributed by atoms with Gasteiger partial charge in [-0.1, -0.05) is 50.6 Å². The molecule has 4 nitrogen and oxygen atoms in total. The molecule has 2 rings (SSSR count). The van der Waals surface area contributed by atoms with Gasteiger partial charge in [-0.15, -0.1) is 0 Å². The minimum atomic E-state index is -0.958. The second-order valence-electron chi connectivity index (χ2n) is 7.38. The van der Waals surface area contributed by atoms with E-state index in [-0.39, 0.29) is 24.4 Å². The highest BCUT2D eigenvalue weighted by atomic mass is 16.4. The first-order chi connectivity index (χ1) is 12.4. The molecule has 0 saturated heterocycles. The molecule has 26 heavy (non-hydrogen) atoms. The Balaban J connectivity index is 1.99. The summed E-state index contributed by atoms with van der Waals surface area (Å²) in [7, 11) is 0. The summed E-state index contributed by atoms with van der Waals surface area (Å²) in [5, 5.41) is 12.1. The molecule has 1 aliphatic carbocycles. The first-order valence-corrected chi connectivity index (χ1v) is 9.34. The van der Waals surface area contributed by atoms with Crippen molar-refractivity contribution in [3.8, 4) is 0 Å². The van der Waals surface area contributed by atoms with E-state index < -0.39 is 5.97 Å². The van der Waals surface area contributed by atoms with E-state index in [9.17, 15) is 14.7 Å². The Morgan fingerprint density at radius 3 is 2.35 bits per heavy atom. The molecule has 140 valence electrons.